The third kappa shape index (κ3) is 10.9. The number of aliphatic hydroxyl groups is 2. The number of hydrogen-bond donors (Lipinski definition) is 5. The smallest absolute Gasteiger partial charge is 0.315 e. The van der Waals surface area contributed by atoms with E-state index < -0.39 is 83.3 Å². The Kier molecular flexibility index (Phi) is 16.1. The van der Waals surface area contributed by atoms with E-state index in [1.165, 1.54) is 32.4 Å². The number of aliphatic hydroxyl groups excluding tert-OH is 2. The molecule has 2 aromatic rings. The molecule has 5 N–H and O–H groups in total. The number of anilines is 1. The molecule has 3 fully saturated rings. The lowest BCUT2D eigenvalue weighted by molar-refractivity contribution is -0.162. The fourth-order valence-corrected chi connectivity index (χ4v) is 11.9. The van der Waals surface area contributed by atoms with Crippen molar-refractivity contribution in [3.05, 3.63) is 58.0 Å². The predicted octanol–water partition coefficient (Wildman–Crippen LogP) is 5.97. The Balaban J connectivity index is 1.11. The molecule has 7 aliphatic rings. The maximum atomic E-state index is 14.9. The number of phenolic OH excluding ortho intramolecular Hbond substituents is 2. The number of ketones is 1. The van der Waals surface area contributed by atoms with Crippen molar-refractivity contribution in [1.29, 1.82) is 0 Å². The van der Waals surface area contributed by atoms with Gasteiger partial charge < -0.3 is 54.7 Å². The molecule has 73 heavy (non-hydrogen) atoms. The molecular formula is C56H78N6O11. The molecular weight excluding hydrogens is 933 g/mol. The third-order valence-corrected chi connectivity index (χ3v) is 16.5. The first-order valence-electron chi connectivity index (χ1n) is 26.7. The van der Waals surface area contributed by atoms with E-state index in [0.717, 1.165) is 32.5 Å². The number of nitrogens with zero attached hydrogens (tertiary/aromatic N) is 5. The summed E-state index contributed by atoms with van der Waals surface area (Å²) in [6.07, 6.45) is 11.0. The monoisotopic (exact) mass is 1010 g/mol. The third-order valence-electron chi connectivity index (χ3n) is 16.5. The van der Waals surface area contributed by atoms with E-state index in [2.05, 4.69) is 29.0 Å². The van der Waals surface area contributed by atoms with Gasteiger partial charge >= 0.3 is 11.8 Å². The minimum atomic E-state index is -1.94. The van der Waals surface area contributed by atoms with Crippen LogP contribution in [0.4, 0.5) is 5.69 Å². The van der Waals surface area contributed by atoms with Crippen LogP contribution in [0.25, 0.3) is 10.8 Å². The number of phenols is 2. The largest absolute Gasteiger partial charge is 0.507 e. The number of fused-ring (bicyclic) bond motifs is 13. The Morgan fingerprint density at radius 1 is 0.890 bits per heavy atom. The maximum Gasteiger partial charge on any atom is 0.315 e. The number of rotatable bonds is 6. The van der Waals surface area contributed by atoms with Gasteiger partial charge in [-0.3, -0.25) is 29.2 Å². The number of amides is 2. The van der Waals surface area contributed by atoms with Gasteiger partial charge in [-0.25, -0.2) is 0 Å². The molecule has 0 radical (unpaired) electrons. The number of allylic oxidation sites excluding steroid dienone is 3. The van der Waals surface area contributed by atoms with Crippen molar-refractivity contribution >= 4 is 40.0 Å². The SMILES string of the molecule is C/C1=C/C=C/C(C)[C@H](O)[C@@H](C)C(O)[C@@H](C)C(OC(=O)CC(=O)N2CCC(N3CCCCC3)CC2)[C@H](C)C/C=C/OC2(C)Oc3c(C)c(O)c4c(O)c(c5c(c4c3C2=O)=NC2(CCN(CC(C)C)CC2)N=5)NC1=O. The van der Waals surface area contributed by atoms with Crippen LogP contribution in [-0.2, 0) is 23.9 Å². The van der Waals surface area contributed by atoms with Crippen molar-refractivity contribution in [1.82, 2.24) is 14.7 Å². The fraction of sp³-hybridized carbons (Fsp3) is 0.643. The zero-order valence-corrected chi connectivity index (χ0v) is 44.3. The molecule has 0 aliphatic carbocycles. The second-order valence-corrected chi connectivity index (χ2v) is 22.4. The molecule has 0 saturated carbocycles. The van der Waals surface area contributed by atoms with Gasteiger partial charge in [-0.05, 0) is 77.0 Å². The standard InChI is InChI=1S/C56H78N6O11/c1-31(2)30-60-26-20-56(21-27-60)58-44-41-42-49(67)37(8)52-43(41)53(69)55(9,73-52)71-28-14-17-33(4)51(72-40(64)29-39(63)62-24-18-38(19-25-62)61-22-11-10-12-23-61)36(7)48(66)35(6)47(65)32(3)15-13-16-34(5)54(70)57-46(50(42)68)45(44)59-56/h13-16,28,31-33,35-36,38,47-48,51,65-68H,10-12,17-27,29-30H2,1-9H3,(H,57,70)/b15-13+,28-14+,34-16-/t32?,33-,35-,36-,47+,48?,51?,55?/m1/s1. The zero-order chi connectivity index (χ0) is 52.7. The molecule has 17 nitrogen and oxygen atoms in total. The second kappa shape index (κ2) is 21.8. The highest BCUT2D eigenvalue weighted by Crippen LogP contribution is 2.50. The van der Waals surface area contributed by atoms with Gasteiger partial charge in [0.05, 0.1) is 34.8 Å². The number of Topliss-reactive ketones (excluding diaryl/α,β-unsaturated/α-hetero) is 1. The number of likely N-dealkylation sites (tertiary alicyclic amines) is 3. The summed E-state index contributed by atoms with van der Waals surface area (Å²) >= 11 is 0. The van der Waals surface area contributed by atoms with Gasteiger partial charge in [-0.2, -0.15) is 0 Å². The van der Waals surface area contributed by atoms with Crippen LogP contribution in [0.2, 0.25) is 0 Å². The van der Waals surface area contributed by atoms with Crippen LogP contribution >= 0.6 is 0 Å². The molecule has 17 heteroatoms. The quantitative estimate of drug-likeness (QED) is 0.128. The molecule has 1 spiro atoms. The van der Waals surface area contributed by atoms with Gasteiger partial charge in [0.2, 0.25) is 5.91 Å². The fourth-order valence-electron chi connectivity index (χ4n) is 11.9. The van der Waals surface area contributed by atoms with Crippen molar-refractivity contribution in [3.63, 3.8) is 0 Å². The molecule has 398 valence electrons. The predicted molar refractivity (Wildman–Crippen MR) is 275 cm³/mol. The summed E-state index contributed by atoms with van der Waals surface area (Å²) in [6.45, 7) is 21.7. The van der Waals surface area contributed by atoms with Crippen LogP contribution < -0.4 is 20.8 Å². The van der Waals surface area contributed by atoms with Crippen LogP contribution in [-0.4, -0.2) is 140 Å². The highest BCUT2D eigenvalue weighted by atomic mass is 16.7. The average molecular weight is 1010 g/mol. The Hall–Kier alpha value is -5.36. The summed E-state index contributed by atoms with van der Waals surface area (Å²) in [5.41, 5.74) is -0.570. The molecule has 4 unspecified atom stereocenters. The second-order valence-electron chi connectivity index (χ2n) is 22.4. The molecule has 0 aromatic heterocycles. The number of aromatic hydroxyl groups is 2. The highest BCUT2D eigenvalue weighted by Gasteiger charge is 2.50. The number of ether oxygens (including phenoxy) is 3. The van der Waals surface area contributed by atoms with E-state index in [9.17, 15) is 39.6 Å². The van der Waals surface area contributed by atoms with Crippen molar-refractivity contribution in [3.8, 4) is 17.2 Å². The van der Waals surface area contributed by atoms with E-state index in [0.29, 0.717) is 51.0 Å². The highest BCUT2D eigenvalue weighted by molar-refractivity contribution is 6.19. The van der Waals surface area contributed by atoms with Crippen LogP contribution in [0.3, 0.4) is 0 Å². The number of carbonyl (C=O) groups is 4. The number of hydrogen-bond acceptors (Lipinski definition) is 15. The van der Waals surface area contributed by atoms with E-state index >= 15 is 0 Å². The normalized spacial score (nSPS) is 31.3. The molecule has 9 rings (SSSR count). The number of benzene rings is 2. The van der Waals surface area contributed by atoms with E-state index in [4.69, 9.17) is 24.2 Å². The van der Waals surface area contributed by atoms with Gasteiger partial charge in [-0.1, -0.05) is 66.2 Å². The summed E-state index contributed by atoms with van der Waals surface area (Å²) in [5.74, 6) is -6.86. The molecule has 7 aliphatic heterocycles. The Morgan fingerprint density at radius 3 is 2.23 bits per heavy atom. The number of esters is 1. The minimum Gasteiger partial charge on any atom is -0.507 e. The molecule has 5 bridgehead atoms. The van der Waals surface area contributed by atoms with Gasteiger partial charge in [0.15, 0.2) is 11.4 Å². The summed E-state index contributed by atoms with van der Waals surface area (Å²) in [4.78, 5) is 73.2. The molecule has 7 heterocycles. The Morgan fingerprint density at radius 2 is 1.56 bits per heavy atom. The molecule has 8 atom stereocenters. The van der Waals surface area contributed by atoms with E-state index in [-0.39, 0.29) is 67.7 Å². The molecule has 2 aromatic carbocycles. The number of carbonyl (C=O) groups excluding carboxylic acids is 4. The van der Waals surface area contributed by atoms with E-state index in [1.54, 1.807) is 63.8 Å². The zero-order valence-electron chi connectivity index (χ0n) is 44.3. The van der Waals surface area contributed by atoms with Gasteiger partial charge in [0.25, 0.3) is 11.7 Å². The lowest BCUT2D eigenvalue weighted by atomic mass is 9.79. The van der Waals surface area contributed by atoms with Crippen molar-refractivity contribution in [2.24, 2.45) is 39.6 Å². The van der Waals surface area contributed by atoms with Gasteiger partial charge in [0, 0.05) is 92.8 Å². The first kappa shape index (κ1) is 53.9. The van der Waals surface area contributed by atoms with Crippen LogP contribution in [0.15, 0.2) is 46.1 Å². The topological polar surface area (TPSA) is 223 Å². The summed E-state index contributed by atoms with van der Waals surface area (Å²) in [7, 11) is 0. The number of piperidine rings is 3. The first-order valence-corrected chi connectivity index (χ1v) is 26.7. The number of nitrogens with one attached hydrogen (secondary N) is 1. The lowest BCUT2D eigenvalue weighted by Gasteiger charge is -2.40. The summed E-state index contributed by atoms with van der Waals surface area (Å²) in [6, 6.07) is 0.434. The van der Waals surface area contributed by atoms with Gasteiger partial charge in [-0.15, -0.1) is 0 Å². The van der Waals surface area contributed by atoms with Crippen LogP contribution in [0, 0.1) is 36.5 Å². The van der Waals surface area contributed by atoms with Crippen LogP contribution in [0.5, 0.6) is 17.2 Å². The lowest BCUT2D eigenvalue weighted by Crippen LogP contribution is -2.48. The Labute approximate surface area is 429 Å². The van der Waals surface area contributed by atoms with Crippen molar-refractivity contribution < 1.29 is 53.8 Å². The van der Waals surface area contributed by atoms with Crippen molar-refractivity contribution in [2.75, 3.05) is 51.1 Å². The Bertz CT molecular complexity index is 2680. The van der Waals surface area contributed by atoms with E-state index in [1.807, 2.05) is 6.92 Å². The summed E-state index contributed by atoms with van der Waals surface area (Å²) < 4.78 is 18.7. The average Bonchev–Trinajstić information content (AvgIpc) is 3.87. The van der Waals surface area contributed by atoms with Gasteiger partial charge in [0.1, 0.15) is 35.1 Å². The maximum absolute atomic E-state index is 14.9. The molecule has 3 saturated heterocycles. The summed E-state index contributed by atoms with van der Waals surface area (Å²) in [5, 5.41) is 51.0. The first-order chi connectivity index (χ1) is 34.6. The van der Waals surface area contributed by atoms with Crippen LogP contribution in [0.1, 0.15) is 129 Å². The minimum absolute atomic E-state index is 0.0454. The molecule has 2 amide bonds. The van der Waals surface area contributed by atoms with Crippen molar-refractivity contribution in [2.45, 2.75) is 156 Å².